The molecule has 1 aliphatic heterocycles. The van der Waals surface area contributed by atoms with Gasteiger partial charge in [-0.3, -0.25) is 14.9 Å². The molecule has 0 aliphatic carbocycles. The SMILES string of the molecule is CCN1C(=O)CN(C(C)C)c2nc(Nc3cc([N+](=O)[O-])cc(S(C)(=O)=O)c3)ncc21. The van der Waals surface area contributed by atoms with E-state index in [4.69, 9.17) is 0 Å². The van der Waals surface area contributed by atoms with Gasteiger partial charge in [-0.25, -0.2) is 13.4 Å². The van der Waals surface area contributed by atoms with Crippen LogP contribution in [0, 0.1) is 10.1 Å². The summed E-state index contributed by atoms with van der Waals surface area (Å²) in [7, 11) is -3.66. The Labute approximate surface area is 173 Å². The van der Waals surface area contributed by atoms with Gasteiger partial charge < -0.3 is 15.1 Å². The van der Waals surface area contributed by atoms with Crippen LogP contribution in [0.2, 0.25) is 0 Å². The minimum atomic E-state index is -3.66. The summed E-state index contributed by atoms with van der Waals surface area (Å²) in [5.41, 5.74) is 0.369. The van der Waals surface area contributed by atoms with Gasteiger partial charge in [-0.05, 0) is 26.8 Å². The molecule has 0 spiro atoms. The number of hydrogen-bond donors (Lipinski definition) is 1. The first-order valence-corrected chi connectivity index (χ1v) is 11.1. The largest absolute Gasteiger partial charge is 0.343 e. The maximum Gasteiger partial charge on any atom is 0.272 e. The molecule has 0 saturated heterocycles. The number of anilines is 4. The van der Waals surface area contributed by atoms with Gasteiger partial charge in [0.15, 0.2) is 15.7 Å². The number of carbonyl (C=O) groups is 1. The Hall–Kier alpha value is -3.28. The van der Waals surface area contributed by atoms with Crippen LogP contribution in [0.5, 0.6) is 0 Å². The average Bonchev–Trinajstić information content (AvgIpc) is 2.66. The lowest BCUT2D eigenvalue weighted by molar-refractivity contribution is -0.385. The summed E-state index contributed by atoms with van der Waals surface area (Å²) in [6.07, 6.45) is 2.48. The molecule has 11 nitrogen and oxygen atoms in total. The monoisotopic (exact) mass is 434 g/mol. The summed E-state index contributed by atoms with van der Waals surface area (Å²) in [4.78, 5) is 34.9. The van der Waals surface area contributed by atoms with Crippen LogP contribution in [0.15, 0.2) is 29.3 Å². The Morgan fingerprint density at radius 2 is 2.00 bits per heavy atom. The Kier molecular flexibility index (Phi) is 5.61. The van der Waals surface area contributed by atoms with E-state index in [2.05, 4.69) is 15.3 Å². The summed E-state index contributed by atoms with van der Waals surface area (Å²) in [5, 5.41) is 14.0. The predicted molar refractivity (Wildman–Crippen MR) is 112 cm³/mol. The fourth-order valence-electron chi connectivity index (χ4n) is 3.15. The Morgan fingerprint density at radius 3 is 2.57 bits per heavy atom. The quantitative estimate of drug-likeness (QED) is 0.535. The molecule has 1 amide bonds. The number of aromatic nitrogens is 2. The van der Waals surface area contributed by atoms with E-state index < -0.39 is 14.8 Å². The molecule has 0 saturated carbocycles. The summed E-state index contributed by atoms with van der Waals surface area (Å²) in [6.45, 7) is 6.37. The van der Waals surface area contributed by atoms with Crippen molar-refractivity contribution in [2.24, 2.45) is 0 Å². The fraction of sp³-hybridized carbons (Fsp3) is 0.389. The zero-order valence-electron chi connectivity index (χ0n) is 17.0. The molecule has 30 heavy (non-hydrogen) atoms. The average molecular weight is 434 g/mol. The molecule has 160 valence electrons. The number of fused-ring (bicyclic) bond motifs is 1. The molecule has 0 fully saturated rings. The topological polar surface area (TPSA) is 139 Å². The number of non-ortho nitro benzene ring substituents is 1. The van der Waals surface area contributed by atoms with E-state index in [1.165, 1.54) is 18.3 Å². The molecule has 1 aliphatic rings. The molecule has 0 radical (unpaired) electrons. The number of nitro groups is 1. The first-order chi connectivity index (χ1) is 14.0. The Bertz CT molecular complexity index is 1120. The van der Waals surface area contributed by atoms with E-state index in [1.54, 1.807) is 4.90 Å². The Morgan fingerprint density at radius 1 is 1.30 bits per heavy atom. The van der Waals surface area contributed by atoms with Crippen molar-refractivity contribution in [3.63, 3.8) is 0 Å². The van der Waals surface area contributed by atoms with Gasteiger partial charge in [0, 0.05) is 36.7 Å². The molecule has 0 atom stereocenters. The summed E-state index contributed by atoms with van der Waals surface area (Å²) < 4.78 is 23.8. The van der Waals surface area contributed by atoms with Crippen LogP contribution in [0.25, 0.3) is 0 Å². The number of amides is 1. The number of hydrogen-bond acceptors (Lipinski definition) is 9. The standard InChI is InChI=1S/C18H22N6O5S/c1-5-22-15-9-19-18(21-17(15)23(11(2)3)10-16(22)25)20-12-6-13(24(26)27)8-14(7-12)30(4,28)29/h6-9,11H,5,10H2,1-4H3,(H,19,20,21). The predicted octanol–water partition coefficient (Wildman–Crippen LogP) is 2.11. The van der Waals surface area contributed by atoms with Crippen molar-refractivity contribution in [2.45, 2.75) is 31.7 Å². The summed E-state index contributed by atoms with van der Waals surface area (Å²) in [6, 6.07) is 3.50. The maximum atomic E-state index is 12.4. The highest BCUT2D eigenvalue weighted by atomic mass is 32.2. The van der Waals surface area contributed by atoms with Gasteiger partial charge in [0.25, 0.3) is 5.69 Å². The van der Waals surface area contributed by atoms with Crippen molar-refractivity contribution in [3.8, 4) is 0 Å². The molecule has 3 rings (SSSR count). The van der Waals surface area contributed by atoms with E-state index in [-0.39, 0.29) is 40.7 Å². The van der Waals surface area contributed by atoms with Crippen molar-refractivity contribution in [1.82, 2.24) is 9.97 Å². The third-order valence-electron chi connectivity index (χ3n) is 4.65. The number of nitrogens with one attached hydrogen (secondary N) is 1. The van der Waals surface area contributed by atoms with Crippen molar-refractivity contribution in [1.29, 1.82) is 0 Å². The van der Waals surface area contributed by atoms with Crippen molar-refractivity contribution < 1.29 is 18.1 Å². The highest BCUT2D eigenvalue weighted by Crippen LogP contribution is 2.34. The zero-order chi connectivity index (χ0) is 22.2. The van der Waals surface area contributed by atoms with E-state index in [0.29, 0.717) is 18.1 Å². The highest BCUT2D eigenvalue weighted by molar-refractivity contribution is 7.90. The number of sulfone groups is 1. The van der Waals surface area contributed by atoms with Gasteiger partial charge in [0.1, 0.15) is 5.69 Å². The van der Waals surface area contributed by atoms with Gasteiger partial charge in [0.05, 0.1) is 22.6 Å². The van der Waals surface area contributed by atoms with Crippen LogP contribution in [-0.2, 0) is 14.6 Å². The molecular formula is C18H22N6O5S. The van der Waals surface area contributed by atoms with Gasteiger partial charge in [-0.1, -0.05) is 0 Å². The number of nitro benzene ring substituents is 1. The van der Waals surface area contributed by atoms with Gasteiger partial charge in [-0.2, -0.15) is 4.98 Å². The fourth-order valence-corrected chi connectivity index (χ4v) is 3.82. The summed E-state index contributed by atoms with van der Waals surface area (Å²) in [5.74, 6) is 0.627. The van der Waals surface area contributed by atoms with E-state index in [0.717, 1.165) is 12.3 Å². The molecular weight excluding hydrogens is 412 g/mol. The van der Waals surface area contributed by atoms with Crippen molar-refractivity contribution in [3.05, 3.63) is 34.5 Å². The first-order valence-electron chi connectivity index (χ1n) is 9.22. The molecule has 0 unspecified atom stereocenters. The number of nitrogens with zero attached hydrogens (tertiary/aromatic N) is 5. The van der Waals surface area contributed by atoms with Crippen molar-refractivity contribution >= 4 is 44.6 Å². The lowest BCUT2D eigenvalue weighted by atomic mass is 10.2. The molecule has 12 heteroatoms. The second kappa shape index (κ2) is 7.86. The number of likely N-dealkylation sites (N-methyl/N-ethyl adjacent to an activating group) is 1. The lowest BCUT2D eigenvalue weighted by Gasteiger charge is -2.37. The maximum absolute atomic E-state index is 12.4. The Balaban J connectivity index is 2.05. The smallest absolute Gasteiger partial charge is 0.272 e. The number of rotatable bonds is 6. The van der Waals surface area contributed by atoms with Crippen LogP contribution in [-0.4, -0.2) is 54.6 Å². The molecule has 1 aromatic carbocycles. The molecule has 2 heterocycles. The van der Waals surface area contributed by atoms with E-state index in [9.17, 15) is 23.3 Å². The highest BCUT2D eigenvalue weighted by Gasteiger charge is 2.31. The van der Waals surface area contributed by atoms with E-state index >= 15 is 0 Å². The second-order valence-corrected chi connectivity index (χ2v) is 9.15. The van der Waals surface area contributed by atoms with Crippen molar-refractivity contribution in [2.75, 3.05) is 34.5 Å². The summed E-state index contributed by atoms with van der Waals surface area (Å²) >= 11 is 0. The first kappa shape index (κ1) is 21.4. The van der Waals surface area contributed by atoms with Crippen LogP contribution in [0.4, 0.5) is 28.8 Å². The lowest BCUT2D eigenvalue weighted by Crippen LogP contribution is -2.48. The zero-order valence-corrected chi connectivity index (χ0v) is 17.8. The number of carbonyl (C=O) groups excluding carboxylic acids is 1. The molecule has 1 N–H and O–H groups in total. The number of benzene rings is 1. The van der Waals surface area contributed by atoms with Crippen LogP contribution < -0.4 is 15.1 Å². The third-order valence-corrected chi connectivity index (χ3v) is 5.74. The second-order valence-electron chi connectivity index (χ2n) is 7.13. The van der Waals surface area contributed by atoms with Crippen LogP contribution in [0.1, 0.15) is 20.8 Å². The molecule has 0 bridgehead atoms. The minimum absolute atomic E-state index is 0.00380. The van der Waals surface area contributed by atoms with E-state index in [1.807, 2.05) is 25.7 Å². The van der Waals surface area contributed by atoms with Crippen LogP contribution in [0.3, 0.4) is 0 Å². The normalized spacial score (nSPS) is 14.1. The molecule has 2 aromatic rings. The van der Waals surface area contributed by atoms with Gasteiger partial charge in [-0.15, -0.1) is 0 Å². The minimum Gasteiger partial charge on any atom is -0.343 e. The third kappa shape index (κ3) is 4.17. The van der Waals surface area contributed by atoms with Crippen LogP contribution >= 0.6 is 0 Å². The van der Waals surface area contributed by atoms with Gasteiger partial charge >= 0.3 is 0 Å². The molecule has 1 aromatic heterocycles. The van der Waals surface area contributed by atoms with Gasteiger partial charge in [0.2, 0.25) is 11.9 Å².